The van der Waals surface area contributed by atoms with Gasteiger partial charge in [-0.1, -0.05) is 29.8 Å². The van der Waals surface area contributed by atoms with Crippen molar-refractivity contribution in [2.45, 2.75) is 39.5 Å². The summed E-state index contributed by atoms with van der Waals surface area (Å²) < 4.78 is 7.35. The summed E-state index contributed by atoms with van der Waals surface area (Å²) in [5, 5.41) is 4.49. The van der Waals surface area contributed by atoms with Crippen LogP contribution >= 0.6 is 12.2 Å². The molecule has 0 bridgehead atoms. The Balaban J connectivity index is 1.29. The van der Waals surface area contributed by atoms with Crippen LogP contribution in [0.25, 0.3) is 0 Å². The molecule has 0 saturated carbocycles. The first-order valence-corrected chi connectivity index (χ1v) is 10.3. The van der Waals surface area contributed by atoms with Crippen LogP contribution in [0.2, 0.25) is 0 Å². The van der Waals surface area contributed by atoms with Gasteiger partial charge in [0.05, 0.1) is 13.2 Å². The quantitative estimate of drug-likeness (QED) is 0.693. The van der Waals surface area contributed by atoms with Gasteiger partial charge in [-0.15, -0.1) is 5.10 Å². The minimum atomic E-state index is 0.167. The topological polar surface area (TPSA) is 57.8 Å². The summed E-state index contributed by atoms with van der Waals surface area (Å²) in [6, 6.07) is 8.71. The first kappa shape index (κ1) is 19.3. The molecule has 2 saturated heterocycles. The smallest absolute Gasteiger partial charge is 0.288 e. The molecule has 8 heteroatoms. The van der Waals surface area contributed by atoms with E-state index >= 15 is 0 Å². The van der Waals surface area contributed by atoms with Gasteiger partial charge >= 0.3 is 0 Å². The summed E-state index contributed by atoms with van der Waals surface area (Å²) in [7, 11) is 0. The zero-order valence-corrected chi connectivity index (χ0v) is 17.2. The molecular weight excluding hydrogens is 374 g/mol. The Morgan fingerprint density at radius 1 is 1.11 bits per heavy atom. The zero-order chi connectivity index (χ0) is 19.5. The number of amides is 1. The summed E-state index contributed by atoms with van der Waals surface area (Å²) in [5.74, 6) is 0.693. The van der Waals surface area contributed by atoms with Crippen LogP contribution in [-0.4, -0.2) is 63.1 Å². The number of benzene rings is 1. The Morgan fingerprint density at radius 2 is 1.89 bits per heavy atom. The standard InChI is InChI=1S/C20H27N5O2S/c1-16-4-2-5-17(12-16)13-22-8-10-23(11-9-22)15-25-20(28)27-18(21-25)14-24-7-3-6-19(24)26/h2,4-5,12H,3,6-11,13-15H2,1H3. The lowest BCUT2D eigenvalue weighted by atomic mass is 10.1. The largest absolute Gasteiger partial charge is 0.412 e. The third kappa shape index (κ3) is 4.68. The molecular formula is C20H27N5O2S. The number of piperazine rings is 1. The Bertz CT molecular complexity index is 885. The van der Waals surface area contributed by atoms with Crippen molar-refractivity contribution in [1.29, 1.82) is 0 Å². The Morgan fingerprint density at radius 3 is 2.61 bits per heavy atom. The van der Waals surface area contributed by atoms with Crippen molar-refractivity contribution in [2.24, 2.45) is 0 Å². The average Bonchev–Trinajstić information content (AvgIpc) is 3.22. The van der Waals surface area contributed by atoms with Crippen molar-refractivity contribution in [1.82, 2.24) is 24.5 Å². The number of aromatic nitrogens is 2. The summed E-state index contributed by atoms with van der Waals surface area (Å²) in [6.45, 7) is 8.94. The lowest BCUT2D eigenvalue weighted by Crippen LogP contribution is -2.46. The molecule has 0 N–H and O–H groups in total. The third-order valence-corrected chi connectivity index (χ3v) is 5.73. The van der Waals surface area contributed by atoms with E-state index in [2.05, 4.69) is 46.1 Å². The van der Waals surface area contributed by atoms with E-state index in [1.165, 1.54) is 11.1 Å². The molecule has 2 aromatic rings. The monoisotopic (exact) mass is 401 g/mol. The molecule has 1 aromatic carbocycles. The lowest BCUT2D eigenvalue weighted by Gasteiger charge is -2.34. The summed E-state index contributed by atoms with van der Waals surface area (Å²) in [6.07, 6.45) is 1.53. The van der Waals surface area contributed by atoms with Crippen molar-refractivity contribution in [3.8, 4) is 0 Å². The van der Waals surface area contributed by atoms with Gasteiger partial charge in [-0.25, -0.2) is 4.68 Å². The van der Waals surface area contributed by atoms with Gasteiger partial charge in [-0.05, 0) is 31.1 Å². The first-order chi connectivity index (χ1) is 13.6. The summed E-state index contributed by atoms with van der Waals surface area (Å²) >= 11 is 5.33. The van der Waals surface area contributed by atoms with Crippen molar-refractivity contribution in [3.05, 3.63) is 46.1 Å². The highest BCUT2D eigenvalue weighted by Gasteiger charge is 2.23. The molecule has 3 heterocycles. The van der Waals surface area contributed by atoms with Gasteiger partial charge in [0.1, 0.15) is 0 Å². The molecule has 2 fully saturated rings. The number of carbonyl (C=O) groups excluding carboxylic acids is 1. The number of carbonyl (C=O) groups is 1. The molecule has 0 atom stereocenters. The van der Waals surface area contributed by atoms with Gasteiger partial charge < -0.3 is 9.32 Å². The number of hydrogen-bond acceptors (Lipinski definition) is 6. The molecule has 28 heavy (non-hydrogen) atoms. The van der Waals surface area contributed by atoms with Crippen LogP contribution in [0, 0.1) is 11.8 Å². The SMILES string of the molecule is Cc1cccc(CN2CCN(Cn3nc(CN4CCCC4=O)oc3=S)CC2)c1. The molecule has 0 radical (unpaired) electrons. The highest BCUT2D eigenvalue weighted by molar-refractivity contribution is 7.71. The van der Waals surface area contributed by atoms with E-state index in [4.69, 9.17) is 16.6 Å². The minimum absolute atomic E-state index is 0.167. The predicted molar refractivity (Wildman–Crippen MR) is 108 cm³/mol. The number of aryl methyl sites for hydroxylation is 1. The molecule has 2 aliphatic heterocycles. The predicted octanol–water partition coefficient (Wildman–Crippen LogP) is 2.41. The Labute approximate surface area is 170 Å². The molecule has 7 nitrogen and oxygen atoms in total. The maximum Gasteiger partial charge on any atom is 0.288 e. The van der Waals surface area contributed by atoms with Gasteiger partial charge in [0.25, 0.3) is 4.84 Å². The Kier molecular flexibility index (Phi) is 5.89. The highest BCUT2D eigenvalue weighted by Crippen LogP contribution is 2.15. The van der Waals surface area contributed by atoms with E-state index < -0.39 is 0 Å². The molecule has 0 unspecified atom stereocenters. The van der Waals surface area contributed by atoms with E-state index in [1.54, 1.807) is 9.58 Å². The molecule has 1 aromatic heterocycles. The van der Waals surface area contributed by atoms with Gasteiger partial charge in [0, 0.05) is 45.7 Å². The second-order valence-corrected chi connectivity index (χ2v) is 8.05. The maximum atomic E-state index is 11.8. The number of hydrogen-bond donors (Lipinski definition) is 0. The fourth-order valence-electron chi connectivity index (χ4n) is 3.88. The maximum absolute atomic E-state index is 11.8. The second-order valence-electron chi connectivity index (χ2n) is 7.70. The molecule has 4 rings (SSSR count). The van der Waals surface area contributed by atoms with Gasteiger partial charge in [0.2, 0.25) is 11.8 Å². The number of nitrogens with zero attached hydrogens (tertiary/aromatic N) is 5. The van der Waals surface area contributed by atoms with Crippen molar-refractivity contribution in [3.63, 3.8) is 0 Å². The van der Waals surface area contributed by atoms with Gasteiger partial charge in [-0.2, -0.15) is 0 Å². The minimum Gasteiger partial charge on any atom is -0.412 e. The van der Waals surface area contributed by atoms with E-state index in [0.29, 0.717) is 30.4 Å². The van der Waals surface area contributed by atoms with E-state index in [9.17, 15) is 4.79 Å². The number of rotatable bonds is 6. The van der Waals surface area contributed by atoms with Gasteiger partial charge in [-0.3, -0.25) is 14.6 Å². The van der Waals surface area contributed by atoms with Crippen LogP contribution in [-0.2, 0) is 24.6 Å². The van der Waals surface area contributed by atoms with E-state index in [1.807, 2.05) is 0 Å². The normalized spacial score (nSPS) is 18.9. The fraction of sp³-hybridized carbons (Fsp3) is 0.550. The first-order valence-electron chi connectivity index (χ1n) is 9.92. The fourth-order valence-corrected chi connectivity index (χ4v) is 4.08. The van der Waals surface area contributed by atoms with Crippen LogP contribution in [0.5, 0.6) is 0 Å². The third-order valence-electron chi connectivity index (χ3n) is 5.43. The van der Waals surface area contributed by atoms with Crippen LogP contribution in [0.1, 0.15) is 29.9 Å². The molecule has 150 valence electrons. The van der Waals surface area contributed by atoms with Crippen molar-refractivity contribution in [2.75, 3.05) is 32.7 Å². The van der Waals surface area contributed by atoms with E-state index in [0.717, 1.165) is 45.7 Å². The molecule has 2 aliphatic rings. The lowest BCUT2D eigenvalue weighted by molar-refractivity contribution is -0.128. The summed E-state index contributed by atoms with van der Waals surface area (Å²) in [4.78, 5) is 18.8. The van der Waals surface area contributed by atoms with Crippen LogP contribution in [0.15, 0.2) is 28.7 Å². The summed E-state index contributed by atoms with van der Waals surface area (Å²) in [5.41, 5.74) is 2.68. The van der Waals surface area contributed by atoms with Crippen LogP contribution in [0.4, 0.5) is 0 Å². The molecule has 0 spiro atoms. The van der Waals surface area contributed by atoms with Crippen molar-refractivity contribution >= 4 is 18.1 Å². The van der Waals surface area contributed by atoms with Crippen molar-refractivity contribution < 1.29 is 9.21 Å². The molecule has 1 amide bonds. The number of likely N-dealkylation sites (tertiary alicyclic amines) is 1. The van der Waals surface area contributed by atoms with Gasteiger partial charge in [0.15, 0.2) is 0 Å². The highest BCUT2D eigenvalue weighted by atomic mass is 32.1. The molecule has 0 aliphatic carbocycles. The van der Waals surface area contributed by atoms with E-state index in [-0.39, 0.29) is 5.91 Å². The van der Waals surface area contributed by atoms with Crippen LogP contribution in [0.3, 0.4) is 0 Å². The van der Waals surface area contributed by atoms with Crippen LogP contribution < -0.4 is 0 Å². The average molecular weight is 402 g/mol. The second kappa shape index (κ2) is 8.55. The zero-order valence-electron chi connectivity index (χ0n) is 16.3. The Hall–Kier alpha value is -2.03.